The summed E-state index contributed by atoms with van der Waals surface area (Å²) in [5, 5.41) is 10.6. The van der Waals surface area contributed by atoms with Crippen molar-refractivity contribution in [1.29, 1.82) is 0 Å². The van der Waals surface area contributed by atoms with Crippen LogP contribution in [0.4, 0.5) is 5.69 Å². The van der Waals surface area contributed by atoms with Gasteiger partial charge in [0.05, 0.1) is 20.5 Å². The monoisotopic (exact) mass is 336 g/mol. The van der Waals surface area contributed by atoms with E-state index in [9.17, 15) is 4.79 Å². The maximum Gasteiger partial charge on any atom is 0.265 e. The molecule has 2 N–H and O–H groups in total. The molecule has 96 valence electrons. The number of pyridine rings is 1. The van der Waals surface area contributed by atoms with Gasteiger partial charge in [0.15, 0.2) is 5.65 Å². The number of carbonyl (C=O) groups is 1. The minimum absolute atomic E-state index is 0.141. The highest BCUT2D eigenvalue weighted by molar-refractivity contribution is 9.11. The van der Waals surface area contributed by atoms with Crippen LogP contribution in [-0.4, -0.2) is 21.1 Å². The van der Waals surface area contributed by atoms with Crippen molar-refractivity contribution in [2.45, 2.75) is 6.92 Å². The van der Waals surface area contributed by atoms with E-state index in [2.05, 4.69) is 36.4 Å². The SMILES string of the molecule is Cc1[nH]nc2ncc(NC(=O)c3ccc(Br)s3)cc12. The van der Waals surface area contributed by atoms with Crippen molar-refractivity contribution >= 4 is 49.9 Å². The number of nitrogens with zero attached hydrogens (tertiary/aromatic N) is 2. The van der Waals surface area contributed by atoms with Crippen molar-refractivity contribution in [3.63, 3.8) is 0 Å². The number of thiophene rings is 1. The Kier molecular flexibility index (Phi) is 3.08. The molecule has 5 nitrogen and oxygen atoms in total. The molecule has 0 aliphatic heterocycles. The summed E-state index contributed by atoms with van der Waals surface area (Å²) in [5.41, 5.74) is 2.23. The molecule has 3 aromatic rings. The number of carbonyl (C=O) groups excluding carboxylic acids is 1. The Morgan fingerprint density at radius 3 is 3.05 bits per heavy atom. The maximum absolute atomic E-state index is 12.0. The Labute approximate surface area is 121 Å². The molecule has 0 aliphatic carbocycles. The van der Waals surface area contributed by atoms with E-state index < -0.39 is 0 Å². The Bertz CT molecular complexity index is 764. The first-order valence-corrected chi connectivity index (χ1v) is 7.12. The predicted molar refractivity (Wildman–Crippen MR) is 78.6 cm³/mol. The molecule has 0 saturated carbocycles. The summed E-state index contributed by atoms with van der Waals surface area (Å²) in [6.45, 7) is 1.92. The van der Waals surface area contributed by atoms with Crippen LogP contribution in [0, 0.1) is 6.92 Å². The molecule has 3 rings (SSSR count). The second-order valence-electron chi connectivity index (χ2n) is 4.00. The van der Waals surface area contributed by atoms with Crippen LogP contribution in [0.1, 0.15) is 15.4 Å². The van der Waals surface area contributed by atoms with Crippen LogP contribution in [0.5, 0.6) is 0 Å². The molecular weight excluding hydrogens is 328 g/mol. The number of hydrogen-bond acceptors (Lipinski definition) is 4. The number of rotatable bonds is 2. The summed E-state index contributed by atoms with van der Waals surface area (Å²) in [6, 6.07) is 5.49. The number of aryl methyl sites for hydroxylation is 1. The fraction of sp³-hybridized carbons (Fsp3) is 0.0833. The van der Waals surface area contributed by atoms with Crippen molar-refractivity contribution in [2.75, 3.05) is 5.32 Å². The lowest BCUT2D eigenvalue weighted by atomic mass is 10.2. The van der Waals surface area contributed by atoms with Gasteiger partial charge in [-0.1, -0.05) is 0 Å². The van der Waals surface area contributed by atoms with Crippen LogP contribution in [0.2, 0.25) is 0 Å². The van der Waals surface area contributed by atoms with E-state index in [4.69, 9.17) is 0 Å². The summed E-state index contributed by atoms with van der Waals surface area (Å²) < 4.78 is 0.928. The van der Waals surface area contributed by atoms with E-state index in [1.165, 1.54) is 11.3 Å². The van der Waals surface area contributed by atoms with Crippen LogP contribution in [-0.2, 0) is 0 Å². The molecule has 7 heteroatoms. The van der Waals surface area contributed by atoms with Crippen LogP contribution in [0.25, 0.3) is 11.0 Å². The molecule has 0 aliphatic rings. The largest absolute Gasteiger partial charge is 0.320 e. The molecular formula is C12H9BrN4OS. The molecule has 0 atom stereocenters. The van der Waals surface area contributed by atoms with Crippen LogP contribution in [0.15, 0.2) is 28.2 Å². The molecule has 3 heterocycles. The van der Waals surface area contributed by atoms with Crippen LogP contribution >= 0.6 is 27.3 Å². The van der Waals surface area contributed by atoms with E-state index in [0.717, 1.165) is 14.9 Å². The zero-order valence-electron chi connectivity index (χ0n) is 9.90. The lowest BCUT2D eigenvalue weighted by Gasteiger charge is -2.02. The predicted octanol–water partition coefficient (Wildman–Crippen LogP) is 3.34. The number of anilines is 1. The maximum atomic E-state index is 12.0. The molecule has 0 aromatic carbocycles. The Hall–Kier alpha value is -1.73. The molecule has 1 amide bonds. The summed E-state index contributed by atoms with van der Waals surface area (Å²) in [4.78, 5) is 16.9. The van der Waals surface area contributed by atoms with Gasteiger partial charge in [0.25, 0.3) is 5.91 Å². The zero-order valence-corrected chi connectivity index (χ0v) is 12.3. The van der Waals surface area contributed by atoms with Gasteiger partial charge in [-0.15, -0.1) is 11.3 Å². The van der Waals surface area contributed by atoms with Gasteiger partial charge in [0, 0.05) is 11.1 Å². The normalized spacial score (nSPS) is 10.8. The van der Waals surface area contributed by atoms with Gasteiger partial charge in [0.2, 0.25) is 0 Å². The van der Waals surface area contributed by atoms with Crippen LogP contribution in [0.3, 0.4) is 0 Å². The fourth-order valence-electron chi connectivity index (χ4n) is 1.72. The number of H-pyrrole nitrogens is 1. The van der Waals surface area contributed by atoms with Crippen molar-refractivity contribution in [2.24, 2.45) is 0 Å². The van der Waals surface area contributed by atoms with Gasteiger partial charge in [0.1, 0.15) is 0 Å². The highest BCUT2D eigenvalue weighted by Crippen LogP contribution is 2.23. The van der Waals surface area contributed by atoms with Crippen molar-refractivity contribution in [1.82, 2.24) is 15.2 Å². The smallest absolute Gasteiger partial charge is 0.265 e. The quantitative estimate of drug-likeness (QED) is 0.753. The number of amides is 1. The molecule has 0 radical (unpaired) electrons. The van der Waals surface area contributed by atoms with Crippen molar-refractivity contribution in [3.8, 4) is 0 Å². The van der Waals surface area contributed by atoms with E-state index >= 15 is 0 Å². The Morgan fingerprint density at radius 1 is 1.47 bits per heavy atom. The van der Waals surface area contributed by atoms with Crippen molar-refractivity contribution < 1.29 is 4.79 Å². The number of aromatic nitrogens is 3. The molecule has 3 aromatic heterocycles. The van der Waals surface area contributed by atoms with Gasteiger partial charge in [-0.25, -0.2) is 4.98 Å². The number of hydrogen-bond donors (Lipinski definition) is 2. The summed E-state index contributed by atoms with van der Waals surface area (Å²) in [5.74, 6) is -0.141. The zero-order chi connectivity index (χ0) is 13.4. The molecule has 0 unspecified atom stereocenters. The second kappa shape index (κ2) is 4.75. The first-order valence-electron chi connectivity index (χ1n) is 5.51. The van der Waals surface area contributed by atoms with Gasteiger partial charge >= 0.3 is 0 Å². The van der Waals surface area contributed by atoms with Crippen molar-refractivity contribution in [3.05, 3.63) is 38.8 Å². The first kappa shape index (κ1) is 12.3. The van der Waals surface area contributed by atoms with E-state index in [1.54, 1.807) is 12.3 Å². The third-order valence-electron chi connectivity index (χ3n) is 2.66. The number of halogens is 1. The Morgan fingerprint density at radius 2 is 2.32 bits per heavy atom. The topological polar surface area (TPSA) is 70.7 Å². The average molecular weight is 337 g/mol. The fourth-order valence-corrected chi connectivity index (χ4v) is 3.00. The lowest BCUT2D eigenvalue weighted by Crippen LogP contribution is -2.10. The first-order chi connectivity index (χ1) is 9.13. The molecule has 19 heavy (non-hydrogen) atoms. The highest BCUT2D eigenvalue weighted by atomic mass is 79.9. The lowest BCUT2D eigenvalue weighted by molar-refractivity contribution is 0.103. The second-order valence-corrected chi connectivity index (χ2v) is 6.46. The molecule has 0 saturated heterocycles. The third kappa shape index (κ3) is 2.39. The molecule has 0 spiro atoms. The van der Waals surface area contributed by atoms with Gasteiger partial charge < -0.3 is 5.32 Å². The Balaban J connectivity index is 1.88. The highest BCUT2D eigenvalue weighted by Gasteiger charge is 2.10. The standard InChI is InChI=1S/C12H9BrN4OS/c1-6-8-4-7(5-14-11(8)17-16-6)15-12(18)9-2-3-10(13)19-9/h2-5H,1H3,(H,15,18)(H,14,16,17). The van der Waals surface area contributed by atoms with Gasteiger partial charge in [-0.3, -0.25) is 9.89 Å². The van der Waals surface area contributed by atoms with E-state index in [0.29, 0.717) is 16.2 Å². The number of aromatic amines is 1. The third-order valence-corrected chi connectivity index (χ3v) is 4.28. The minimum Gasteiger partial charge on any atom is -0.320 e. The summed E-state index contributed by atoms with van der Waals surface area (Å²) in [7, 11) is 0. The van der Waals surface area contributed by atoms with Gasteiger partial charge in [-0.05, 0) is 41.1 Å². The number of nitrogens with one attached hydrogen (secondary N) is 2. The van der Waals surface area contributed by atoms with E-state index in [1.807, 2.05) is 19.1 Å². The summed E-state index contributed by atoms with van der Waals surface area (Å²) >= 11 is 4.73. The minimum atomic E-state index is -0.141. The van der Waals surface area contributed by atoms with Gasteiger partial charge in [-0.2, -0.15) is 5.10 Å². The molecule has 0 fully saturated rings. The van der Waals surface area contributed by atoms with E-state index in [-0.39, 0.29) is 5.91 Å². The molecule has 0 bridgehead atoms. The average Bonchev–Trinajstić information content (AvgIpc) is 2.97. The summed E-state index contributed by atoms with van der Waals surface area (Å²) in [6.07, 6.45) is 1.60. The number of fused-ring (bicyclic) bond motifs is 1. The van der Waals surface area contributed by atoms with Crippen LogP contribution < -0.4 is 5.32 Å².